The zero-order valence-corrected chi connectivity index (χ0v) is 14.9. The number of aliphatic hydroxyl groups is 1. The number of allylic oxidation sites excluding steroid dienone is 1. The molecule has 0 unspecified atom stereocenters. The van der Waals surface area contributed by atoms with Crippen LogP contribution in [0.3, 0.4) is 0 Å². The Labute approximate surface area is 155 Å². The molecule has 6 nitrogen and oxygen atoms in total. The summed E-state index contributed by atoms with van der Waals surface area (Å²) in [5.41, 5.74) is 0.0544. The van der Waals surface area contributed by atoms with Crippen molar-refractivity contribution in [3.05, 3.63) is 45.7 Å². The van der Waals surface area contributed by atoms with Gasteiger partial charge in [0.15, 0.2) is 11.6 Å². The Morgan fingerprint density at radius 2 is 2.12 bits per heavy atom. The number of nitrogens with zero attached hydrogens (tertiary/aromatic N) is 4. The minimum Gasteiger partial charge on any atom is -0.507 e. The fourth-order valence-electron chi connectivity index (χ4n) is 2.72. The highest BCUT2D eigenvalue weighted by Crippen LogP contribution is 2.28. The van der Waals surface area contributed by atoms with E-state index in [9.17, 15) is 10.4 Å². The van der Waals surface area contributed by atoms with Crippen LogP contribution in [-0.4, -0.2) is 26.5 Å². The van der Waals surface area contributed by atoms with Crippen LogP contribution in [-0.2, 0) is 13.0 Å². The smallest absolute Gasteiger partial charge is 0.178 e. The largest absolute Gasteiger partial charge is 0.507 e. The number of fused-ring (bicyclic) bond motifs is 1. The summed E-state index contributed by atoms with van der Waals surface area (Å²) in [6, 6.07) is 6.79. The Morgan fingerprint density at radius 3 is 2.92 bits per heavy atom. The molecule has 130 valence electrons. The van der Waals surface area contributed by atoms with E-state index >= 15 is 0 Å². The van der Waals surface area contributed by atoms with E-state index in [4.69, 9.17) is 27.9 Å². The van der Waals surface area contributed by atoms with Crippen LogP contribution in [0.25, 0.3) is 5.57 Å². The van der Waals surface area contributed by atoms with Gasteiger partial charge < -0.3 is 14.4 Å². The van der Waals surface area contributed by atoms with Gasteiger partial charge in [-0.25, -0.2) is 0 Å². The van der Waals surface area contributed by atoms with E-state index in [0.717, 1.165) is 38.1 Å². The van der Waals surface area contributed by atoms with Crippen molar-refractivity contribution >= 4 is 28.8 Å². The van der Waals surface area contributed by atoms with Gasteiger partial charge in [-0.1, -0.05) is 29.6 Å². The summed E-state index contributed by atoms with van der Waals surface area (Å²) in [5.74, 6) is 1.32. The summed E-state index contributed by atoms with van der Waals surface area (Å²) in [5, 5.41) is 28.9. The molecule has 0 fully saturated rings. The van der Waals surface area contributed by atoms with Gasteiger partial charge in [-0.15, -0.1) is 10.2 Å². The van der Waals surface area contributed by atoms with Crippen molar-refractivity contribution < 1.29 is 9.84 Å². The van der Waals surface area contributed by atoms with Gasteiger partial charge in [0.05, 0.1) is 5.02 Å². The first-order chi connectivity index (χ1) is 12.1. The summed E-state index contributed by atoms with van der Waals surface area (Å²) in [6.45, 7) is 0.516. The molecular formula is C17H16Cl2N4O2. The average molecular weight is 379 g/mol. The molecule has 0 bridgehead atoms. The molecule has 0 atom stereocenters. The van der Waals surface area contributed by atoms with Crippen molar-refractivity contribution in [1.29, 1.82) is 5.26 Å². The van der Waals surface area contributed by atoms with Crippen molar-refractivity contribution in [2.75, 3.05) is 6.61 Å². The molecule has 0 radical (unpaired) electrons. The number of aliphatic hydroxyl groups excluding tert-OH is 1. The molecule has 8 heteroatoms. The monoisotopic (exact) mass is 378 g/mol. The van der Waals surface area contributed by atoms with E-state index < -0.39 is 0 Å². The van der Waals surface area contributed by atoms with E-state index in [2.05, 4.69) is 10.2 Å². The van der Waals surface area contributed by atoms with Gasteiger partial charge in [0.25, 0.3) is 0 Å². The van der Waals surface area contributed by atoms with E-state index in [1.54, 1.807) is 18.2 Å². The number of aromatic nitrogens is 3. The van der Waals surface area contributed by atoms with Crippen LogP contribution in [0.15, 0.2) is 24.0 Å². The second-order valence-electron chi connectivity index (χ2n) is 5.70. The van der Waals surface area contributed by atoms with Crippen LogP contribution in [0, 0.1) is 11.3 Å². The topological polar surface area (TPSA) is 84.0 Å². The zero-order valence-electron chi connectivity index (χ0n) is 13.4. The van der Waals surface area contributed by atoms with Gasteiger partial charge in [-0.3, -0.25) is 0 Å². The standard InChI is InChI=1S/C17H16Cl2N4O2/c18-11-5-6-13(19)15(8-11)25-10-14(24)12(9-20)17-22-21-16-4-2-1-3-7-23(16)17/h5-6,8,24H,1-4,7,10H2/b14-12-. The summed E-state index contributed by atoms with van der Waals surface area (Å²) in [4.78, 5) is 0. The fourth-order valence-corrected chi connectivity index (χ4v) is 3.05. The SMILES string of the molecule is N#C/C(=C(/O)COc1cc(Cl)ccc1Cl)c1nnc2n1CCCCC2. The van der Waals surface area contributed by atoms with E-state index in [1.165, 1.54) is 0 Å². The second kappa shape index (κ2) is 7.77. The Hall–Kier alpha value is -2.23. The van der Waals surface area contributed by atoms with E-state index in [0.29, 0.717) is 21.6 Å². The van der Waals surface area contributed by atoms with E-state index in [1.807, 2.05) is 10.6 Å². The third-order valence-corrected chi connectivity index (χ3v) is 4.54. The van der Waals surface area contributed by atoms with Gasteiger partial charge in [0.1, 0.15) is 29.8 Å². The molecule has 1 N–H and O–H groups in total. The molecule has 0 saturated carbocycles. The first-order valence-electron chi connectivity index (χ1n) is 7.92. The summed E-state index contributed by atoms with van der Waals surface area (Å²) < 4.78 is 7.39. The Balaban J connectivity index is 1.85. The third kappa shape index (κ3) is 3.89. The van der Waals surface area contributed by atoms with Gasteiger partial charge in [0, 0.05) is 24.1 Å². The molecule has 0 amide bonds. The van der Waals surface area contributed by atoms with Crippen LogP contribution < -0.4 is 4.74 Å². The van der Waals surface area contributed by atoms with Gasteiger partial charge in [0.2, 0.25) is 0 Å². The van der Waals surface area contributed by atoms with Crippen LogP contribution >= 0.6 is 23.2 Å². The Morgan fingerprint density at radius 1 is 1.28 bits per heavy atom. The lowest BCUT2D eigenvalue weighted by atomic mass is 10.2. The maximum absolute atomic E-state index is 10.3. The number of hydrogen-bond acceptors (Lipinski definition) is 5. The van der Waals surface area contributed by atoms with Gasteiger partial charge in [-0.05, 0) is 25.0 Å². The Kier molecular flexibility index (Phi) is 5.47. The third-order valence-electron chi connectivity index (χ3n) is 3.99. The van der Waals surface area contributed by atoms with Crippen molar-refractivity contribution in [2.24, 2.45) is 0 Å². The second-order valence-corrected chi connectivity index (χ2v) is 6.54. The predicted molar refractivity (Wildman–Crippen MR) is 94.7 cm³/mol. The highest BCUT2D eigenvalue weighted by molar-refractivity contribution is 6.34. The normalized spacial score (nSPS) is 14.9. The highest BCUT2D eigenvalue weighted by atomic mass is 35.5. The molecule has 25 heavy (non-hydrogen) atoms. The summed E-state index contributed by atoms with van der Waals surface area (Å²) in [7, 11) is 0. The lowest BCUT2D eigenvalue weighted by Crippen LogP contribution is -2.09. The molecule has 0 aliphatic carbocycles. The molecule has 0 spiro atoms. The number of aryl methyl sites for hydroxylation is 1. The number of rotatable bonds is 4. The first-order valence-corrected chi connectivity index (χ1v) is 8.68. The average Bonchev–Trinajstić information content (AvgIpc) is 2.84. The minimum absolute atomic E-state index is 0.0544. The summed E-state index contributed by atoms with van der Waals surface area (Å²) >= 11 is 11.9. The number of ether oxygens (including phenoxy) is 1. The number of nitriles is 1. The lowest BCUT2D eigenvalue weighted by Gasteiger charge is -2.10. The molecule has 3 rings (SSSR count). The zero-order chi connectivity index (χ0) is 17.8. The van der Waals surface area contributed by atoms with Crippen molar-refractivity contribution in [3.8, 4) is 11.8 Å². The van der Waals surface area contributed by atoms with Crippen LogP contribution in [0.5, 0.6) is 5.75 Å². The van der Waals surface area contributed by atoms with Crippen molar-refractivity contribution in [3.63, 3.8) is 0 Å². The predicted octanol–water partition coefficient (Wildman–Crippen LogP) is 4.18. The summed E-state index contributed by atoms with van der Waals surface area (Å²) in [6.07, 6.45) is 3.97. The minimum atomic E-state index is -0.224. The molecular weight excluding hydrogens is 363 g/mol. The van der Waals surface area contributed by atoms with Gasteiger partial charge >= 0.3 is 0 Å². The number of hydrogen-bond donors (Lipinski definition) is 1. The molecule has 2 aromatic rings. The maximum Gasteiger partial charge on any atom is 0.178 e. The molecule has 1 aromatic carbocycles. The number of halogens is 2. The van der Waals surface area contributed by atoms with Crippen molar-refractivity contribution in [1.82, 2.24) is 14.8 Å². The first kappa shape index (κ1) is 17.6. The maximum atomic E-state index is 10.3. The lowest BCUT2D eigenvalue weighted by molar-refractivity contribution is 0.272. The van der Waals surface area contributed by atoms with Crippen LogP contribution in [0.2, 0.25) is 10.0 Å². The Bertz CT molecular complexity index is 855. The van der Waals surface area contributed by atoms with E-state index in [-0.39, 0.29) is 17.9 Å². The van der Waals surface area contributed by atoms with Crippen LogP contribution in [0.1, 0.15) is 30.9 Å². The number of benzene rings is 1. The van der Waals surface area contributed by atoms with Gasteiger partial charge in [-0.2, -0.15) is 5.26 Å². The molecule has 1 aromatic heterocycles. The van der Waals surface area contributed by atoms with Crippen molar-refractivity contribution in [2.45, 2.75) is 32.2 Å². The molecule has 0 saturated heterocycles. The van der Waals surface area contributed by atoms with Crippen LogP contribution in [0.4, 0.5) is 0 Å². The molecule has 1 aliphatic rings. The quantitative estimate of drug-likeness (QED) is 0.636. The molecule has 1 aliphatic heterocycles. The highest BCUT2D eigenvalue weighted by Gasteiger charge is 2.21. The molecule has 2 heterocycles. The fraction of sp³-hybridized carbons (Fsp3) is 0.353.